The van der Waals surface area contributed by atoms with Crippen LogP contribution in [0.3, 0.4) is 0 Å². The topological polar surface area (TPSA) is 87.4 Å². The smallest absolute Gasteiger partial charge is 0.256 e. The molecule has 7 nitrogen and oxygen atoms in total. The molecule has 1 aromatic carbocycles. The maximum Gasteiger partial charge on any atom is 0.256 e. The number of carbonyl (C=O) groups is 1. The number of carbonyl (C=O) groups excluding carboxylic acids is 1. The summed E-state index contributed by atoms with van der Waals surface area (Å²) >= 11 is 0. The van der Waals surface area contributed by atoms with Crippen LogP contribution in [0.15, 0.2) is 36.8 Å². The molecule has 2 aromatic rings. The lowest BCUT2D eigenvalue weighted by Gasteiger charge is -2.34. The molecule has 138 valence electrons. The predicted molar refractivity (Wildman–Crippen MR) is 101 cm³/mol. The van der Waals surface area contributed by atoms with E-state index in [9.17, 15) is 4.79 Å². The fourth-order valence-electron chi connectivity index (χ4n) is 3.08. The third-order valence-electron chi connectivity index (χ3n) is 4.78. The van der Waals surface area contributed by atoms with Crippen LogP contribution in [-0.2, 0) is 13.1 Å². The van der Waals surface area contributed by atoms with Crippen molar-refractivity contribution in [1.29, 1.82) is 0 Å². The van der Waals surface area contributed by atoms with E-state index >= 15 is 0 Å². The van der Waals surface area contributed by atoms with Crippen molar-refractivity contribution >= 4 is 11.7 Å². The fraction of sp³-hybridized carbons (Fsp3) is 0.421. The number of anilines is 1. The molecule has 7 heteroatoms. The van der Waals surface area contributed by atoms with Crippen LogP contribution in [0.2, 0.25) is 0 Å². The summed E-state index contributed by atoms with van der Waals surface area (Å²) in [6.45, 7) is 9.30. The van der Waals surface area contributed by atoms with Gasteiger partial charge in [0.1, 0.15) is 12.1 Å². The standard InChI is InChI=1S/C19H26N6O/c1-2-24-7-9-25(10-8-24)13-16-5-3-15(4-6-16)11-22-19(26)17-12-21-14-23-18(17)20/h3-6,12,14H,2,7-11,13H2,1H3,(H,22,26)(H2,20,21,23). The molecule has 0 saturated carbocycles. The van der Waals surface area contributed by atoms with Gasteiger partial charge >= 0.3 is 0 Å². The lowest BCUT2D eigenvalue weighted by molar-refractivity contribution is 0.0951. The van der Waals surface area contributed by atoms with Crippen molar-refractivity contribution in [3.63, 3.8) is 0 Å². The van der Waals surface area contributed by atoms with Crippen molar-refractivity contribution in [2.24, 2.45) is 0 Å². The van der Waals surface area contributed by atoms with Crippen LogP contribution in [-0.4, -0.2) is 58.4 Å². The zero-order chi connectivity index (χ0) is 18.4. The number of hydrogen-bond donors (Lipinski definition) is 2. The Balaban J connectivity index is 1.49. The molecule has 0 unspecified atom stereocenters. The van der Waals surface area contributed by atoms with Crippen LogP contribution < -0.4 is 11.1 Å². The lowest BCUT2D eigenvalue weighted by Crippen LogP contribution is -2.45. The van der Waals surface area contributed by atoms with Crippen LogP contribution in [0, 0.1) is 0 Å². The molecule has 0 spiro atoms. The Bertz CT molecular complexity index is 725. The second-order valence-corrected chi connectivity index (χ2v) is 6.53. The number of hydrogen-bond acceptors (Lipinski definition) is 6. The minimum absolute atomic E-state index is 0.191. The van der Waals surface area contributed by atoms with Crippen LogP contribution in [0.5, 0.6) is 0 Å². The van der Waals surface area contributed by atoms with E-state index in [1.807, 2.05) is 0 Å². The van der Waals surface area contributed by atoms with Gasteiger partial charge in [-0.1, -0.05) is 31.2 Å². The number of rotatable bonds is 6. The quantitative estimate of drug-likeness (QED) is 0.808. The SMILES string of the molecule is CCN1CCN(Cc2ccc(CNC(=O)c3cncnc3N)cc2)CC1. The molecule has 1 fully saturated rings. The largest absolute Gasteiger partial charge is 0.383 e. The number of nitrogens with zero attached hydrogens (tertiary/aromatic N) is 4. The molecular formula is C19H26N6O. The Hall–Kier alpha value is -2.51. The number of nitrogens with two attached hydrogens (primary N) is 1. The summed E-state index contributed by atoms with van der Waals surface area (Å²) in [5.41, 5.74) is 8.34. The first kappa shape index (κ1) is 18.3. The summed E-state index contributed by atoms with van der Waals surface area (Å²) in [5.74, 6) is -0.0722. The normalized spacial score (nSPS) is 15.7. The second-order valence-electron chi connectivity index (χ2n) is 6.53. The maximum atomic E-state index is 12.1. The molecule has 3 rings (SSSR count). The van der Waals surface area contributed by atoms with Crippen LogP contribution >= 0.6 is 0 Å². The van der Waals surface area contributed by atoms with Gasteiger partial charge in [0.2, 0.25) is 0 Å². The number of amides is 1. The molecule has 1 amide bonds. The number of piperazine rings is 1. The molecule has 1 aliphatic heterocycles. The highest BCUT2D eigenvalue weighted by atomic mass is 16.1. The Kier molecular flexibility index (Phi) is 6.14. The summed E-state index contributed by atoms with van der Waals surface area (Å²) < 4.78 is 0. The number of aromatic nitrogens is 2. The molecule has 0 radical (unpaired) electrons. The van der Waals surface area contributed by atoms with Crippen molar-refractivity contribution < 1.29 is 4.79 Å². The van der Waals surface area contributed by atoms with Crippen LogP contribution in [0.1, 0.15) is 28.4 Å². The highest BCUT2D eigenvalue weighted by molar-refractivity contribution is 5.97. The van der Waals surface area contributed by atoms with Gasteiger partial charge in [-0.3, -0.25) is 9.69 Å². The number of likely N-dealkylation sites (N-methyl/N-ethyl adjacent to an activating group) is 1. The average Bonchev–Trinajstić information content (AvgIpc) is 2.68. The average molecular weight is 354 g/mol. The number of nitrogen functional groups attached to an aromatic ring is 1. The van der Waals surface area contributed by atoms with Gasteiger partial charge in [-0.2, -0.15) is 0 Å². The molecule has 0 aliphatic carbocycles. The first-order valence-electron chi connectivity index (χ1n) is 9.02. The van der Waals surface area contributed by atoms with E-state index in [-0.39, 0.29) is 11.7 Å². The molecular weight excluding hydrogens is 328 g/mol. The summed E-state index contributed by atoms with van der Waals surface area (Å²) in [4.78, 5) is 24.8. The molecule has 1 aliphatic rings. The molecule has 26 heavy (non-hydrogen) atoms. The number of nitrogens with one attached hydrogen (secondary N) is 1. The lowest BCUT2D eigenvalue weighted by atomic mass is 10.1. The zero-order valence-corrected chi connectivity index (χ0v) is 15.2. The van der Waals surface area contributed by atoms with Gasteiger partial charge < -0.3 is 16.0 Å². The second kappa shape index (κ2) is 8.73. The van der Waals surface area contributed by atoms with E-state index in [2.05, 4.69) is 56.3 Å². The summed E-state index contributed by atoms with van der Waals surface area (Å²) in [6.07, 6.45) is 2.76. The Morgan fingerprint density at radius 2 is 1.77 bits per heavy atom. The van der Waals surface area contributed by atoms with E-state index in [0.717, 1.165) is 44.8 Å². The van der Waals surface area contributed by atoms with E-state index in [1.54, 1.807) is 0 Å². The minimum atomic E-state index is -0.263. The Morgan fingerprint density at radius 3 is 2.42 bits per heavy atom. The van der Waals surface area contributed by atoms with E-state index in [0.29, 0.717) is 12.1 Å². The minimum Gasteiger partial charge on any atom is -0.383 e. The monoisotopic (exact) mass is 354 g/mol. The van der Waals surface area contributed by atoms with Gasteiger partial charge in [0.15, 0.2) is 0 Å². The fourth-order valence-corrected chi connectivity index (χ4v) is 3.08. The van der Waals surface area contributed by atoms with E-state index in [1.165, 1.54) is 18.1 Å². The summed E-state index contributed by atoms with van der Waals surface area (Å²) in [6, 6.07) is 8.38. The highest BCUT2D eigenvalue weighted by Gasteiger charge is 2.15. The van der Waals surface area contributed by atoms with Crippen LogP contribution in [0.4, 0.5) is 5.82 Å². The van der Waals surface area contributed by atoms with Gasteiger partial charge in [0, 0.05) is 45.5 Å². The van der Waals surface area contributed by atoms with Crippen molar-refractivity contribution in [2.75, 3.05) is 38.5 Å². The van der Waals surface area contributed by atoms with Crippen molar-refractivity contribution in [3.05, 3.63) is 53.5 Å². The summed E-state index contributed by atoms with van der Waals surface area (Å²) in [7, 11) is 0. The molecule has 3 N–H and O–H groups in total. The molecule has 2 heterocycles. The van der Waals surface area contributed by atoms with Gasteiger partial charge in [-0.15, -0.1) is 0 Å². The van der Waals surface area contributed by atoms with E-state index < -0.39 is 0 Å². The van der Waals surface area contributed by atoms with Crippen molar-refractivity contribution in [2.45, 2.75) is 20.0 Å². The van der Waals surface area contributed by atoms with Gasteiger partial charge in [-0.25, -0.2) is 9.97 Å². The molecule has 1 aromatic heterocycles. The van der Waals surface area contributed by atoms with Crippen molar-refractivity contribution in [3.8, 4) is 0 Å². The zero-order valence-electron chi connectivity index (χ0n) is 15.2. The third-order valence-corrected chi connectivity index (χ3v) is 4.78. The molecule has 1 saturated heterocycles. The Labute approximate surface area is 154 Å². The Morgan fingerprint density at radius 1 is 1.12 bits per heavy atom. The summed E-state index contributed by atoms with van der Waals surface area (Å²) in [5, 5.41) is 2.85. The third kappa shape index (κ3) is 4.77. The van der Waals surface area contributed by atoms with E-state index in [4.69, 9.17) is 5.73 Å². The molecule has 0 bridgehead atoms. The predicted octanol–water partition coefficient (Wildman–Crippen LogP) is 1.13. The number of benzene rings is 1. The van der Waals surface area contributed by atoms with Gasteiger partial charge in [-0.05, 0) is 17.7 Å². The maximum absolute atomic E-state index is 12.1. The van der Waals surface area contributed by atoms with Crippen LogP contribution in [0.25, 0.3) is 0 Å². The van der Waals surface area contributed by atoms with Crippen molar-refractivity contribution in [1.82, 2.24) is 25.1 Å². The van der Waals surface area contributed by atoms with Gasteiger partial charge in [0.05, 0.1) is 5.56 Å². The molecule has 0 atom stereocenters. The first-order valence-corrected chi connectivity index (χ1v) is 9.02. The highest BCUT2D eigenvalue weighted by Crippen LogP contribution is 2.11. The first-order chi connectivity index (χ1) is 12.7. The van der Waals surface area contributed by atoms with Gasteiger partial charge in [0.25, 0.3) is 5.91 Å².